The zero-order chi connectivity index (χ0) is 23.8. The summed E-state index contributed by atoms with van der Waals surface area (Å²) in [6, 6.07) is 9.95. The van der Waals surface area contributed by atoms with Crippen molar-refractivity contribution < 1.29 is 9.53 Å². The number of ether oxygens (including phenoxy) is 1. The van der Waals surface area contributed by atoms with Crippen LogP contribution in [0, 0.1) is 25.2 Å². The lowest BCUT2D eigenvalue weighted by atomic mass is 9.90. The Morgan fingerprint density at radius 1 is 1.21 bits per heavy atom. The maximum absolute atomic E-state index is 12.9. The van der Waals surface area contributed by atoms with Crippen molar-refractivity contribution in [3.63, 3.8) is 0 Å². The molecule has 3 aliphatic rings. The van der Waals surface area contributed by atoms with Crippen molar-refractivity contribution in [3.8, 4) is 11.4 Å². The van der Waals surface area contributed by atoms with Gasteiger partial charge in [-0.05, 0) is 75.2 Å². The summed E-state index contributed by atoms with van der Waals surface area (Å²) in [4.78, 5) is 17.2. The smallest absolute Gasteiger partial charge is 0.283 e. The number of nitrogens with zero attached hydrogens (tertiary/aromatic N) is 4. The normalized spacial score (nSPS) is 20.0. The third kappa shape index (κ3) is 4.00. The average Bonchev–Trinajstić information content (AvgIpc) is 3.38. The van der Waals surface area contributed by atoms with Gasteiger partial charge in [-0.2, -0.15) is 15.1 Å². The van der Waals surface area contributed by atoms with Crippen LogP contribution in [0.25, 0.3) is 11.8 Å². The Morgan fingerprint density at radius 2 is 1.97 bits per heavy atom. The van der Waals surface area contributed by atoms with Gasteiger partial charge in [-0.25, -0.2) is 0 Å². The zero-order valence-corrected chi connectivity index (χ0v) is 20.6. The molecule has 1 fully saturated rings. The van der Waals surface area contributed by atoms with Gasteiger partial charge in [0.05, 0.1) is 17.9 Å². The number of amidine groups is 2. The second kappa shape index (κ2) is 9.25. The van der Waals surface area contributed by atoms with Gasteiger partial charge in [-0.15, -0.1) is 0 Å². The van der Waals surface area contributed by atoms with Crippen LogP contribution in [0.1, 0.15) is 56.0 Å². The van der Waals surface area contributed by atoms with Crippen LogP contribution in [0.4, 0.5) is 0 Å². The number of benzene rings is 1. The third-order valence-corrected chi connectivity index (χ3v) is 7.67. The summed E-state index contributed by atoms with van der Waals surface area (Å²) >= 11 is 1.45. The maximum Gasteiger partial charge on any atom is 0.283 e. The molecule has 0 saturated heterocycles. The van der Waals surface area contributed by atoms with Crippen molar-refractivity contribution in [2.75, 3.05) is 6.61 Å². The van der Waals surface area contributed by atoms with Crippen LogP contribution in [-0.4, -0.2) is 38.1 Å². The van der Waals surface area contributed by atoms with Crippen molar-refractivity contribution in [2.24, 2.45) is 16.0 Å². The van der Waals surface area contributed by atoms with Crippen LogP contribution in [0.5, 0.6) is 5.75 Å². The molecule has 0 spiro atoms. The molecule has 8 heteroatoms. The number of hydrazone groups is 1. The van der Waals surface area contributed by atoms with E-state index in [0.29, 0.717) is 17.7 Å². The number of carbonyl (C=O) groups excluding carboxylic acids is 1. The second-order valence-electron chi connectivity index (χ2n) is 8.86. The first-order chi connectivity index (χ1) is 16.5. The van der Waals surface area contributed by atoms with Crippen molar-refractivity contribution >= 4 is 39.8 Å². The van der Waals surface area contributed by atoms with E-state index >= 15 is 0 Å². The van der Waals surface area contributed by atoms with Crippen molar-refractivity contribution in [2.45, 2.75) is 52.9 Å². The van der Waals surface area contributed by atoms with E-state index in [0.717, 1.165) is 46.3 Å². The molecule has 1 amide bonds. The molecule has 2 aromatic rings. The molecule has 0 radical (unpaired) electrons. The van der Waals surface area contributed by atoms with E-state index in [-0.39, 0.29) is 17.3 Å². The fraction of sp³-hybridized carbons (Fsp3) is 0.385. The molecule has 2 aliphatic heterocycles. The Hall–Kier alpha value is -3.13. The summed E-state index contributed by atoms with van der Waals surface area (Å²) in [5, 5.41) is 16.5. The minimum absolute atomic E-state index is 0.0906. The number of hydrogen-bond donors (Lipinski definition) is 1. The monoisotopic (exact) mass is 475 g/mol. The number of amides is 1. The quantitative estimate of drug-likeness (QED) is 0.563. The van der Waals surface area contributed by atoms with E-state index in [1.165, 1.54) is 36.0 Å². The topological polar surface area (TPSA) is 83.0 Å². The molecule has 0 unspecified atom stereocenters. The standard InChI is InChI=1S/C26H29N5O2S/c1-4-33-22-13-9-8-12-21(22)30-16(2)14-19(17(30)3)15-20-23(27)31-26(28-24(20)32)34-25(29-31)18-10-6-5-7-11-18/h8-9,12-15,18,27H,4-7,10-11H2,1-3H3/b20-15+,27-23?. The van der Waals surface area contributed by atoms with E-state index in [9.17, 15) is 4.79 Å². The molecule has 1 aliphatic carbocycles. The van der Waals surface area contributed by atoms with Crippen molar-refractivity contribution in [1.29, 1.82) is 5.41 Å². The number of aryl methyl sites for hydroxylation is 1. The summed E-state index contributed by atoms with van der Waals surface area (Å²) in [6.07, 6.45) is 7.69. The van der Waals surface area contributed by atoms with Gasteiger partial charge in [0.1, 0.15) is 10.8 Å². The molecule has 7 nitrogen and oxygen atoms in total. The Balaban J connectivity index is 1.48. The molecule has 3 heterocycles. The Kier molecular flexibility index (Phi) is 6.16. The van der Waals surface area contributed by atoms with Crippen LogP contribution in [0.15, 0.2) is 46.0 Å². The molecule has 34 heavy (non-hydrogen) atoms. The van der Waals surface area contributed by atoms with Crippen molar-refractivity contribution in [3.05, 3.63) is 52.9 Å². The fourth-order valence-corrected chi connectivity index (χ4v) is 5.96. The average molecular weight is 476 g/mol. The zero-order valence-electron chi connectivity index (χ0n) is 19.8. The molecule has 1 aromatic heterocycles. The first kappa shape index (κ1) is 22.7. The van der Waals surface area contributed by atoms with Gasteiger partial charge >= 0.3 is 0 Å². The highest BCUT2D eigenvalue weighted by Crippen LogP contribution is 2.36. The fourth-order valence-electron chi connectivity index (χ4n) is 4.90. The predicted octanol–water partition coefficient (Wildman–Crippen LogP) is 5.69. The molecule has 1 saturated carbocycles. The summed E-state index contributed by atoms with van der Waals surface area (Å²) in [5.74, 6) is 0.920. The Morgan fingerprint density at radius 3 is 2.74 bits per heavy atom. The van der Waals surface area contributed by atoms with Gasteiger partial charge in [0.15, 0.2) is 5.84 Å². The lowest BCUT2D eigenvalue weighted by Gasteiger charge is -2.20. The number of nitrogens with one attached hydrogen (secondary N) is 1. The molecule has 1 aromatic carbocycles. The van der Waals surface area contributed by atoms with E-state index in [2.05, 4.69) is 9.56 Å². The molecular weight excluding hydrogens is 446 g/mol. The highest BCUT2D eigenvalue weighted by Gasteiger charge is 2.38. The van der Waals surface area contributed by atoms with Crippen LogP contribution < -0.4 is 4.74 Å². The van der Waals surface area contributed by atoms with Gasteiger partial charge in [0, 0.05) is 17.3 Å². The van der Waals surface area contributed by atoms with E-state index < -0.39 is 0 Å². The molecule has 1 N–H and O–H groups in total. The van der Waals surface area contributed by atoms with Crippen LogP contribution in [0.2, 0.25) is 0 Å². The van der Waals surface area contributed by atoms with Crippen LogP contribution >= 0.6 is 11.8 Å². The number of thioether (sulfide) groups is 1. The van der Waals surface area contributed by atoms with Gasteiger partial charge in [0.2, 0.25) is 5.17 Å². The number of aliphatic imine (C=N–C) groups is 1. The van der Waals surface area contributed by atoms with Crippen molar-refractivity contribution in [1.82, 2.24) is 9.58 Å². The largest absolute Gasteiger partial charge is 0.492 e. The molecule has 176 valence electrons. The second-order valence-corrected chi connectivity index (χ2v) is 9.84. The van der Waals surface area contributed by atoms with Crippen LogP contribution in [0.3, 0.4) is 0 Å². The summed E-state index contributed by atoms with van der Waals surface area (Å²) in [5.41, 5.74) is 4.07. The summed E-state index contributed by atoms with van der Waals surface area (Å²) in [6.45, 7) is 6.59. The first-order valence-electron chi connectivity index (χ1n) is 11.9. The van der Waals surface area contributed by atoms with E-state index in [1.807, 2.05) is 51.1 Å². The maximum atomic E-state index is 12.9. The highest BCUT2D eigenvalue weighted by molar-refractivity contribution is 8.27. The van der Waals surface area contributed by atoms with Gasteiger partial charge in [-0.1, -0.05) is 31.4 Å². The SMILES string of the molecule is CCOc1ccccc1-n1c(C)cc(/C=C2\C(=N)N3N=C(C4CCCCC4)SC3=NC2=O)c1C. The Bertz CT molecular complexity index is 1250. The minimum Gasteiger partial charge on any atom is -0.492 e. The number of fused-ring (bicyclic) bond motifs is 1. The number of carbonyl (C=O) groups is 1. The third-order valence-electron chi connectivity index (χ3n) is 6.60. The molecular formula is C26H29N5O2S. The predicted molar refractivity (Wildman–Crippen MR) is 138 cm³/mol. The minimum atomic E-state index is -0.386. The lowest BCUT2D eigenvalue weighted by Crippen LogP contribution is -2.35. The van der Waals surface area contributed by atoms with Gasteiger partial charge in [0.25, 0.3) is 5.91 Å². The number of hydrogen-bond acceptors (Lipinski definition) is 5. The number of rotatable bonds is 5. The van der Waals surface area contributed by atoms with Gasteiger partial charge in [-0.3, -0.25) is 10.2 Å². The molecule has 5 rings (SSSR count). The summed E-state index contributed by atoms with van der Waals surface area (Å²) < 4.78 is 7.96. The highest BCUT2D eigenvalue weighted by atomic mass is 32.2. The summed E-state index contributed by atoms with van der Waals surface area (Å²) in [7, 11) is 0. The first-order valence-corrected chi connectivity index (χ1v) is 12.7. The Labute approximate surface area is 204 Å². The molecule has 0 bridgehead atoms. The van der Waals surface area contributed by atoms with E-state index in [4.69, 9.17) is 15.2 Å². The van der Waals surface area contributed by atoms with E-state index in [1.54, 1.807) is 6.08 Å². The molecule has 0 atom stereocenters. The van der Waals surface area contributed by atoms with Gasteiger partial charge < -0.3 is 9.30 Å². The van der Waals surface area contributed by atoms with Crippen LogP contribution in [-0.2, 0) is 4.79 Å². The number of aromatic nitrogens is 1. The number of para-hydroxylation sites is 2. The lowest BCUT2D eigenvalue weighted by molar-refractivity contribution is -0.114.